The minimum Gasteiger partial charge on any atom is -0.394 e. The molecule has 7 atom stereocenters. The predicted molar refractivity (Wildman–Crippen MR) is 116 cm³/mol. The third-order valence-electron chi connectivity index (χ3n) is 7.68. The Bertz CT molecular complexity index is 941. The normalized spacial score (nSPS) is 37.7. The molecule has 3 unspecified atom stereocenters. The van der Waals surface area contributed by atoms with Crippen LogP contribution in [0.2, 0.25) is 0 Å². The zero-order valence-electron chi connectivity index (χ0n) is 18.1. The molecular formula is C25H32O6. The van der Waals surface area contributed by atoms with Gasteiger partial charge in [-0.25, -0.2) is 0 Å². The molecule has 6 N–H and O–H groups in total. The van der Waals surface area contributed by atoms with E-state index in [-0.39, 0.29) is 5.92 Å². The molecule has 6 heteroatoms. The first kappa shape index (κ1) is 22.4. The highest BCUT2D eigenvalue weighted by Crippen LogP contribution is 2.75. The number of aryl methyl sites for hydroxylation is 1. The molecular weight excluding hydrogens is 396 g/mol. The van der Waals surface area contributed by atoms with Gasteiger partial charge in [0.05, 0.1) is 18.6 Å². The first-order valence-electron chi connectivity index (χ1n) is 10.9. The fourth-order valence-electron chi connectivity index (χ4n) is 5.85. The lowest BCUT2D eigenvalue weighted by molar-refractivity contribution is -0.459. The van der Waals surface area contributed by atoms with Gasteiger partial charge in [0.25, 0.3) is 0 Å². The second-order valence-corrected chi connectivity index (χ2v) is 9.39. The van der Waals surface area contributed by atoms with E-state index in [4.69, 9.17) is 0 Å². The van der Waals surface area contributed by atoms with Crippen LogP contribution in [0, 0.1) is 0 Å². The van der Waals surface area contributed by atoms with Crippen molar-refractivity contribution in [3.63, 3.8) is 0 Å². The molecule has 6 nitrogen and oxygen atoms in total. The number of hydrogen-bond donors (Lipinski definition) is 6. The summed E-state index contributed by atoms with van der Waals surface area (Å²) < 4.78 is 0. The number of hydrogen-bond acceptors (Lipinski definition) is 6. The van der Waals surface area contributed by atoms with Crippen LogP contribution < -0.4 is 0 Å². The lowest BCUT2D eigenvalue weighted by atomic mass is 9.30. The molecule has 0 heterocycles. The number of fused-ring (bicyclic) bond motifs is 1. The number of benzene rings is 2. The van der Waals surface area contributed by atoms with Crippen molar-refractivity contribution in [1.29, 1.82) is 0 Å². The van der Waals surface area contributed by atoms with E-state index in [1.54, 1.807) is 24.3 Å². The van der Waals surface area contributed by atoms with Gasteiger partial charge in [-0.15, -0.1) is 0 Å². The Labute approximate surface area is 182 Å². The predicted octanol–water partition coefficient (Wildman–Crippen LogP) is 1.17. The summed E-state index contributed by atoms with van der Waals surface area (Å²) in [5, 5.41) is 65.9. The summed E-state index contributed by atoms with van der Waals surface area (Å²) in [5.74, 6) is -1.91. The first-order chi connectivity index (χ1) is 14.6. The average molecular weight is 429 g/mol. The van der Waals surface area contributed by atoms with Gasteiger partial charge < -0.3 is 30.6 Å². The van der Waals surface area contributed by atoms with Crippen LogP contribution in [0.25, 0.3) is 0 Å². The molecule has 0 amide bonds. The zero-order chi connectivity index (χ0) is 22.8. The van der Waals surface area contributed by atoms with Crippen molar-refractivity contribution in [2.24, 2.45) is 0 Å². The van der Waals surface area contributed by atoms with Gasteiger partial charge in [-0.2, -0.15) is 0 Å². The Morgan fingerprint density at radius 1 is 0.903 bits per heavy atom. The molecule has 2 aromatic rings. The van der Waals surface area contributed by atoms with Crippen molar-refractivity contribution in [2.45, 2.75) is 74.0 Å². The van der Waals surface area contributed by atoms with E-state index in [0.29, 0.717) is 11.1 Å². The number of rotatable bonds is 6. The van der Waals surface area contributed by atoms with Crippen molar-refractivity contribution in [2.75, 3.05) is 6.61 Å². The SMILES string of the molecule is CCc1ccc(C2C(O)[C@@]3(O)C(c4ccc(C(C)C)cc4)[C@@](O)([C@H](O)CO)[C@@]23O)cc1. The van der Waals surface area contributed by atoms with Crippen molar-refractivity contribution >= 4 is 0 Å². The van der Waals surface area contributed by atoms with Crippen molar-refractivity contribution in [1.82, 2.24) is 0 Å². The highest BCUT2D eigenvalue weighted by Gasteiger charge is 2.93. The van der Waals surface area contributed by atoms with Gasteiger partial charge in [0.1, 0.15) is 22.9 Å². The molecule has 0 aliphatic heterocycles. The van der Waals surface area contributed by atoms with Crippen LogP contribution >= 0.6 is 0 Å². The van der Waals surface area contributed by atoms with E-state index in [1.165, 1.54) is 0 Å². The first-order valence-corrected chi connectivity index (χ1v) is 10.9. The fourth-order valence-corrected chi connectivity index (χ4v) is 5.85. The zero-order valence-corrected chi connectivity index (χ0v) is 18.1. The molecule has 2 aliphatic carbocycles. The standard InChI is InChI=1S/C25H32O6/c1-4-15-5-7-17(8-6-15)20-22(28)24(30)21(18-11-9-16(10-12-18)14(2)3)23(29,19(27)13-26)25(20,24)31/h5-12,14,19-22,26-31H,4,13H2,1-3H3/t19-,20?,21?,22?,23+,24+,25+/m1/s1. The number of aliphatic hydroxyl groups excluding tert-OH is 3. The van der Waals surface area contributed by atoms with Gasteiger partial charge in [-0.05, 0) is 34.6 Å². The minimum atomic E-state index is -2.25. The number of aliphatic hydroxyl groups is 6. The highest BCUT2D eigenvalue weighted by atomic mass is 16.5. The molecule has 168 valence electrons. The summed E-state index contributed by atoms with van der Waals surface area (Å²) in [6, 6.07) is 14.4. The van der Waals surface area contributed by atoms with Crippen molar-refractivity contribution in [3.05, 3.63) is 70.8 Å². The van der Waals surface area contributed by atoms with Crippen LogP contribution in [0.5, 0.6) is 0 Å². The monoisotopic (exact) mass is 428 g/mol. The van der Waals surface area contributed by atoms with Crippen LogP contribution in [0.3, 0.4) is 0 Å². The highest BCUT2D eigenvalue weighted by molar-refractivity contribution is 5.56. The van der Waals surface area contributed by atoms with E-state index in [2.05, 4.69) is 0 Å². The van der Waals surface area contributed by atoms with E-state index in [1.807, 2.05) is 45.0 Å². The Kier molecular flexibility index (Phi) is 5.33. The summed E-state index contributed by atoms with van der Waals surface area (Å²) in [7, 11) is 0. The van der Waals surface area contributed by atoms with Crippen molar-refractivity contribution in [3.8, 4) is 0 Å². The largest absolute Gasteiger partial charge is 0.394 e. The van der Waals surface area contributed by atoms with Gasteiger partial charge in [0, 0.05) is 5.92 Å². The van der Waals surface area contributed by atoms with E-state index in [9.17, 15) is 30.6 Å². The molecule has 0 saturated heterocycles. The van der Waals surface area contributed by atoms with E-state index >= 15 is 0 Å². The molecule has 0 spiro atoms. The lowest BCUT2D eigenvalue weighted by Gasteiger charge is -2.80. The van der Waals surface area contributed by atoms with Crippen LogP contribution in [-0.4, -0.2) is 66.3 Å². The molecule has 0 bridgehead atoms. The molecule has 0 aromatic heterocycles. The Morgan fingerprint density at radius 3 is 1.94 bits per heavy atom. The third kappa shape index (κ3) is 2.61. The summed E-state index contributed by atoms with van der Waals surface area (Å²) in [6.07, 6.45) is -2.24. The van der Waals surface area contributed by atoms with Crippen molar-refractivity contribution < 1.29 is 30.6 Å². The van der Waals surface area contributed by atoms with Gasteiger partial charge >= 0.3 is 0 Å². The van der Waals surface area contributed by atoms with Crippen LogP contribution in [0.15, 0.2) is 48.5 Å². The molecule has 4 rings (SSSR count). The van der Waals surface area contributed by atoms with Crippen LogP contribution in [-0.2, 0) is 6.42 Å². The summed E-state index contributed by atoms with van der Waals surface area (Å²) in [4.78, 5) is 0. The maximum Gasteiger partial charge on any atom is 0.138 e. The Balaban J connectivity index is 1.79. The van der Waals surface area contributed by atoms with Gasteiger partial charge in [0.15, 0.2) is 0 Å². The second kappa shape index (κ2) is 7.37. The fraction of sp³-hybridized carbons (Fsp3) is 0.520. The Hall–Kier alpha value is -1.80. The molecule has 2 aromatic carbocycles. The van der Waals surface area contributed by atoms with Gasteiger partial charge in [-0.3, -0.25) is 0 Å². The summed E-state index contributed by atoms with van der Waals surface area (Å²) in [6.45, 7) is 5.30. The maximum absolute atomic E-state index is 11.6. The van der Waals surface area contributed by atoms with E-state index in [0.717, 1.165) is 17.5 Å². The quantitative estimate of drug-likeness (QED) is 0.411. The van der Waals surface area contributed by atoms with Gasteiger partial charge in [-0.1, -0.05) is 69.3 Å². The maximum atomic E-state index is 11.6. The minimum absolute atomic E-state index is 0.280. The third-order valence-corrected chi connectivity index (χ3v) is 7.68. The lowest BCUT2D eigenvalue weighted by Crippen LogP contribution is -2.99. The Morgan fingerprint density at radius 2 is 1.45 bits per heavy atom. The second-order valence-electron chi connectivity index (χ2n) is 9.39. The van der Waals surface area contributed by atoms with Crippen LogP contribution in [0.1, 0.15) is 60.8 Å². The smallest absolute Gasteiger partial charge is 0.138 e. The molecule has 31 heavy (non-hydrogen) atoms. The molecule has 2 fully saturated rings. The molecule has 2 aliphatic rings. The average Bonchev–Trinajstić information content (AvgIpc) is 2.78. The van der Waals surface area contributed by atoms with E-state index < -0.39 is 47.5 Å². The topological polar surface area (TPSA) is 121 Å². The summed E-state index contributed by atoms with van der Waals surface area (Å²) in [5.41, 5.74) is -3.38. The summed E-state index contributed by atoms with van der Waals surface area (Å²) >= 11 is 0. The molecule has 2 saturated carbocycles. The van der Waals surface area contributed by atoms with Crippen LogP contribution in [0.4, 0.5) is 0 Å². The van der Waals surface area contributed by atoms with Gasteiger partial charge in [0.2, 0.25) is 0 Å². The molecule has 0 radical (unpaired) electrons.